The lowest BCUT2D eigenvalue weighted by Crippen LogP contribution is -2.59. The van der Waals surface area contributed by atoms with Crippen molar-refractivity contribution in [2.75, 3.05) is 24.5 Å². The minimum Gasteiger partial charge on any atom is -0.389 e. The summed E-state index contributed by atoms with van der Waals surface area (Å²) < 4.78 is 0. The van der Waals surface area contributed by atoms with Gasteiger partial charge in [0.1, 0.15) is 10.8 Å². The number of hydrogen-bond donors (Lipinski definition) is 1. The molecule has 2 fully saturated rings. The molecule has 0 spiro atoms. The van der Waals surface area contributed by atoms with Gasteiger partial charge in [0.05, 0.1) is 0 Å². The summed E-state index contributed by atoms with van der Waals surface area (Å²) in [5.41, 5.74) is 6.64. The van der Waals surface area contributed by atoms with Crippen molar-refractivity contribution >= 4 is 23.0 Å². The van der Waals surface area contributed by atoms with E-state index in [9.17, 15) is 0 Å². The number of pyridine rings is 1. The fourth-order valence-corrected chi connectivity index (χ4v) is 3.53. The highest BCUT2D eigenvalue weighted by atomic mass is 32.1. The number of aromatic nitrogens is 1. The van der Waals surface area contributed by atoms with Gasteiger partial charge in [-0.3, -0.25) is 4.90 Å². The molecule has 5 heteroatoms. The minimum atomic E-state index is 0.442. The third kappa shape index (κ3) is 2.65. The zero-order chi connectivity index (χ0) is 14.1. The van der Waals surface area contributed by atoms with Crippen LogP contribution in [0.1, 0.15) is 31.7 Å². The van der Waals surface area contributed by atoms with Crippen molar-refractivity contribution in [3.8, 4) is 0 Å². The summed E-state index contributed by atoms with van der Waals surface area (Å²) in [5, 5.41) is 0. The third-order valence-electron chi connectivity index (χ3n) is 4.51. The van der Waals surface area contributed by atoms with Crippen LogP contribution in [-0.2, 0) is 0 Å². The molecular formula is C15H22N4S. The van der Waals surface area contributed by atoms with Crippen molar-refractivity contribution in [3.05, 3.63) is 23.9 Å². The van der Waals surface area contributed by atoms with Gasteiger partial charge in [0.2, 0.25) is 0 Å². The summed E-state index contributed by atoms with van der Waals surface area (Å²) in [5.74, 6) is 1.01. The average molecular weight is 290 g/mol. The SMILES string of the molecule is CC1CN2CCCCC2CN1c1cc(C(N)=S)ccn1. The molecule has 2 N–H and O–H groups in total. The zero-order valence-corrected chi connectivity index (χ0v) is 12.8. The first-order valence-corrected chi connectivity index (χ1v) is 7.82. The summed E-state index contributed by atoms with van der Waals surface area (Å²) in [6.45, 7) is 5.72. The summed E-state index contributed by atoms with van der Waals surface area (Å²) in [4.78, 5) is 10.0. The lowest BCUT2D eigenvalue weighted by atomic mass is 9.97. The standard InChI is InChI=1S/C15H22N4S/c1-11-9-18-7-3-2-4-13(18)10-19(11)14-8-12(15(16)20)5-6-17-14/h5-6,8,11,13H,2-4,7,9-10H2,1H3,(H2,16,20). The number of nitrogens with zero attached hydrogens (tertiary/aromatic N) is 3. The predicted molar refractivity (Wildman–Crippen MR) is 86.1 cm³/mol. The molecule has 0 saturated carbocycles. The van der Waals surface area contributed by atoms with Crippen molar-refractivity contribution in [1.29, 1.82) is 0 Å². The number of hydrogen-bond acceptors (Lipinski definition) is 4. The number of thiocarbonyl (C=S) groups is 1. The van der Waals surface area contributed by atoms with Gasteiger partial charge in [-0.2, -0.15) is 0 Å². The van der Waals surface area contributed by atoms with Crippen LogP contribution >= 0.6 is 12.2 Å². The largest absolute Gasteiger partial charge is 0.389 e. The molecule has 0 aliphatic carbocycles. The van der Waals surface area contributed by atoms with E-state index in [1.54, 1.807) is 0 Å². The van der Waals surface area contributed by atoms with Crippen molar-refractivity contribution in [1.82, 2.24) is 9.88 Å². The lowest BCUT2D eigenvalue weighted by Gasteiger charge is -2.48. The molecule has 0 amide bonds. The van der Waals surface area contributed by atoms with Gasteiger partial charge in [-0.15, -0.1) is 0 Å². The van der Waals surface area contributed by atoms with Crippen molar-refractivity contribution < 1.29 is 0 Å². The Morgan fingerprint density at radius 1 is 1.40 bits per heavy atom. The highest BCUT2D eigenvalue weighted by Crippen LogP contribution is 2.27. The van der Waals surface area contributed by atoms with Crippen molar-refractivity contribution in [2.24, 2.45) is 5.73 Å². The van der Waals surface area contributed by atoms with Gasteiger partial charge >= 0.3 is 0 Å². The Kier molecular flexibility index (Phi) is 3.89. The second-order valence-corrected chi connectivity index (χ2v) is 6.35. The summed E-state index contributed by atoms with van der Waals surface area (Å²) in [7, 11) is 0. The van der Waals surface area contributed by atoms with Gasteiger partial charge in [0.15, 0.2) is 0 Å². The van der Waals surface area contributed by atoms with Gasteiger partial charge < -0.3 is 10.6 Å². The monoisotopic (exact) mass is 290 g/mol. The number of nitrogens with two attached hydrogens (primary N) is 1. The first kappa shape index (κ1) is 13.8. The van der Waals surface area contributed by atoms with Crippen LogP contribution in [0.25, 0.3) is 0 Å². The van der Waals surface area contributed by atoms with E-state index in [0.29, 0.717) is 17.1 Å². The van der Waals surface area contributed by atoms with Crippen molar-refractivity contribution in [3.63, 3.8) is 0 Å². The van der Waals surface area contributed by atoms with E-state index in [-0.39, 0.29) is 0 Å². The Hall–Kier alpha value is -1.20. The highest BCUT2D eigenvalue weighted by molar-refractivity contribution is 7.80. The van der Waals surface area contributed by atoms with E-state index >= 15 is 0 Å². The Bertz CT molecular complexity index is 504. The number of piperidine rings is 1. The van der Waals surface area contributed by atoms with E-state index in [0.717, 1.165) is 24.5 Å². The smallest absolute Gasteiger partial charge is 0.129 e. The molecule has 0 bridgehead atoms. The number of anilines is 1. The topological polar surface area (TPSA) is 45.4 Å². The van der Waals surface area contributed by atoms with Crippen LogP contribution in [0, 0.1) is 0 Å². The van der Waals surface area contributed by atoms with Gasteiger partial charge in [-0.05, 0) is 38.4 Å². The first-order chi connectivity index (χ1) is 9.65. The van der Waals surface area contributed by atoms with Crippen molar-refractivity contribution in [2.45, 2.75) is 38.3 Å². The normalized spacial score (nSPS) is 27.1. The molecule has 2 atom stereocenters. The molecule has 2 saturated heterocycles. The quantitative estimate of drug-likeness (QED) is 0.841. The first-order valence-electron chi connectivity index (χ1n) is 7.41. The van der Waals surface area contributed by atoms with Crippen LogP contribution in [0.2, 0.25) is 0 Å². The van der Waals surface area contributed by atoms with E-state index in [4.69, 9.17) is 18.0 Å². The molecule has 0 radical (unpaired) electrons. The third-order valence-corrected chi connectivity index (χ3v) is 4.75. The maximum absolute atomic E-state index is 5.73. The van der Waals surface area contributed by atoms with Crippen LogP contribution < -0.4 is 10.6 Å². The van der Waals surface area contributed by atoms with Crippen LogP contribution in [0.5, 0.6) is 0 Å². The fourth-order valence-electron chi connectivity index (χ4n) is 3.40. The molecule has 20 heavy (non-hydrogen) atoms. The van der Waals surface area contributed by atoms with Gasteiger partial charge in [-0.25, -0.2) is 4.98 Å². The molecule has 3 rings (SSSR count). The van der Waals surface area contributed by atoms with Gasteiger partial charge in [0.25, 0.3) is 0 Å². The van der Waals surface area contributed by atoms with Gasteiger partial charge in [-0.1, -0.05) is 18.6 Å². The molecule has 108 valence electrons. The molecular weight excluding hydrogens is 268 g/mol. The Morgan fingerprint density at radius 2 is 2.25 bits per heavy atom. The fraction of sp³-hybridized carbons (Fsp3) is 0.600. The molecule has 2 aliphatic rings. The number of rotatable bonds is 2. The molecule has 1 aromatic rings. The van der Waals surface area contributed by atoms with Crippen LogP contribution in [0.3, 0.4) is 0 Å². The molecule has 3 heterocycles. The Morgan fingerprint density at radius 3 is 3.05 bits per heavy atom. The number of piperazine rings is 1. The maximum atomic E-state index is 5.73. The number of fused-ring (bicyclic) bond motifs is 1. The summed E-state index contributed by atoms with van der Waals surface area (Å²) in [6, 6.07) is 5.07. The lowest BCUT2D eigenvalue weighted by molar-refractivity contribution is 0.115. The minimum absolute atomic E-state index is 0.442. The second-order valence-electron chi connectivity index (χ2n) is 5.91. The molecule has 1 aromatic heterocycles. The van der Waals surface area contributed by atoms with Crippen LogP contribution in [0.4, 0.5) is 5.82 Å². The van der Waals surface area contributed by atoms with E-state index in [1.807, 2.05) is 18.3 Å². The van der Waals surface area contributed by atoms with E-state index < -0.39 is 0 Å². The average Bonchev–Trinajstić information content (AvgIpc) is 2.46. The van der Waals surface area contributed by atoms with E-state index in [2.05, 4.69) is 21.7 Å². The van der Waals surface area contributed by atoms with Crippen LogP contribution in [-0.4, -0.2) is 46.6 Å². The van der Waals surface area contributed by atoms with Gasteiger partial charge in [0, 0.05) is 36.9 Å². The van der Waals surface area contributed by atoms with E-state index in [1.165, 1.54) is 25.8 Å². The van der Waals surface area contributed by atoms with Crippen LogP contribution in [0.15, 0.2) is 18.3 Å². The molecule has 2 unspecified atom stereocenters. The predicted octanol–water partition coefficient (Wildman–Crippen LogP) is 1.78. The molecule has 2 aliphatic heterocycles. The molecule has 0 aromatic carbocycles. The summed E-state index contributed by atoms with van der Waals surface area (Å²) >= 11 is 5.07. The maximum Gasteiger partial charge on any atom is 0.129 e. The Balaban J connectivity index is 1.82. The second kappa shape index (κ2) is 5.66. The molecule has 4 nitrogen and oxygen atoms in total. The highest BCUT2D eigenvalue weighted by Gasteiger charge is 2.33. The Labute approximate surface area is 126 Å². The summed E-state index contributed by atoms with van der Waals surface area (Å²) in [6.07, 6.45) is 5.81. The zero-order valence-electron chi connectivity index (χ0n) is 12.0.